The second-order valence-corrected chi connectivity index (χ2v) is 18.5. The van der Waals surface area contributed by atoms with Crippen LogP contribution in [0.3, 0.4) is 0 Å². The molecule has 4 aliphatic carbocycles. The molecule has 0 aliphatic heterocycles. The van der Waals surface area contributed by atoms with Crippen molar-refractivity contribution in [1.29, 1.82) is 0 Å². The lowest BCUT2D eigenvalue weighted by Gasteiger charge is -2.49. The van der Waals surface area contributed by atoms with Crippen molar-refractivity contribution in [2.45, 2.75) is 127 Å². The van der Waals surface area contributed by atoms with E-state index in [4.69, 9.17) is 0 Å². The van der Waals surface area contributed by atoms with Crippen LogP contribution >= 0.6 is 0 Å². The van der Waals surface area contributed by atoms with Crippen LogP contribution in [0, 0.1) is 35.5 Å². The molecule has 6 heteroatoms. The van der Waals surface area contributed by atoms with Crippen molar-refractivity contribution in [2.24, 2.45) is 35.5 Å². The fraction of sp³-hybridized carbons (Fsp3) is 0.528. The predicted molar refractivity (Wildman–Crippen MR) is 237 cm³/mol. The third-order valence-electron chi connectivity index (χ3n) is 14.8. The minimum atomic E-state index is -0.899. The number of benzene rings is 3. The SMILES string of the molecule is CCCCCc1cc(C2Cc3cccc(c3)C3(CCC4C=c5ccccc5=C(O)C4C3)C(C(=O)O)C(CO)C=CCC2CCCCCCC2C=C(CO)CC2)ccc1O. The third-order valence-corrected chi connectivity index (χ3v) is 14.8. The van der Waals surface area contributed by atoms with E-state index in [1.165, 1.54) is 36.0 Å². The van der Waals surface area contributed by atoms with Gasteiger partial charge in [0, 0.05) is 22.5 Å². The summed E-state index contributed by atoms with van der Waals surface area (Å²) in [6.45, 7) is 2.13. The highest BCUT2D eigenvalue weighted by atomic mass is 16.4. The van der Waals surface area contributed by atoms with Crippen LogP contribution < -0.4 is 10.4 Å². The molecule has 8 atom stereocenters. The fourth-order valence-corrected chi connectivity index (χ4v) is 11.6. The van der Waals surface area contributed by atoms with Crippen LogP contribution in [-0.4, -0.2) is 44.7 Å². The number of phenols is 1. The highest BCUT2D eigenvalue weighted by Crippen LogP contribution is 2.54. The van der Waals surface area contributed by atoms with E-state index in [1.807, 2.05) is 36.4 Å². The molecule has 0 amide bonds. The normalized spacial score (nSPS) is 27.9. The summed E-state index contributed by atoms with van der Waals surface area (Å²) in [7, 11) is 0. The van der Waals surface area contributed by atoms with E-state index in [0.717, 1.165) is 98.6 Å². The summed E-state index contributed by atoms with van der Waals surface area (Å²) in [4.78, 5) is 13.7. The van der Waals surface area contributed by atoms with Gasteiger partial charge in [-0.15, -0.1) is 0 Å². The maximum Gasteiger partial charge on any atom is 0.308 e. The molecule has 0 saturated heterocycles. The third kappa shape index (κ3) is 9.76. The molecule has 3 aromatic rings. The first-order chi connectivity index (χ1) is 28.7. The summed E-state index contributed by atoms with van der Waals surface area (Å²) >= 11 is 0. The summed E-state index contributed by atoms with van der Waals surface area (Å²) in [5, 5.41) is 56.5. The summed E-state index contributed by atoms with van der Waals surface area (Å²) in [5.41, 5.74) is 4.81. The van der Waals surface area contributed by atoms with Crippen molar-refractivity contribution in [3.63, 3.8) is 0 Å². The number of aliphatic carboxylic acids is 1. The van der Waals surface area contributed by atoms with Crippen LogP contribution in [0.2, 0.25) is 0 Å². The Labute approximate surface area is 352 Å². The predicted octanol–water partition coefficient (Wildman–Crippen LogP) is 9.82. The van der Waals surface area contributed by atoms with Gasteiger partial charge in [-0.05, 0) is 133 Å². The lowest BCUT2D eigenvalue weighted by Crippen LogP contribution is -2.51. The molecule has 2 bridgehead atoms. The summed E-state index contributed by atoms with van der Waals surface area (Å²) < 4.78 is 0. The second-order valence-electron chi connectivity index (χ2n) is 18.5. The van der Waals surface area contributed by atoms with Crippen LogP contribution in [0.4, 0.5) is 0 Å². The number of fused-ring (bicyclic) bond motifs is 5. The standard InChI is InChI=1S/C53H68O6/c1-2-3-6-17-43-32-41(24-25-49(43)56)47-30-37-14-11-20-45(29-37)53(27-26-42-31-40-16-9-10-21-46(40)51(57)48(42)33-53)50(52(58)59)44(35-55)19-12-18-39(47)15-8-5-4-7-13-36-22-23-38(28-36)34-54/h9-12,14,16,19-21,24-25,28-29,31-32,36,39,42,44,47-48,50,54-57H,2-8,13,15,17-18,22-23,26-27,30,33-35H2,1H3,(H,58,59). The van der Waals surface area contributed by atoms with Crippen molar-refractivity contribution in [3.8, 4) is 5.75 Å². The van der Waals surface area contributed by atoms with Crippen molar-refractivity contribution in [1.82, 2.24) is 0 Å². The molecule has 1 fully saturated rings. The number of rotatable bonds is 15. The second kappa shape index (κ2) is 20.0. The maximum absolute atomic E-state index is 13.7. The molecule has 5 N–H and O–H groups in total. The molecule has 3 aromatic carbocycles. The van der Waals surface area contributed by atoms with E-state index < -0.39 is 23.2 Å². The minimum Gasteiger partial charge on any atom is -0.511 e. The monoisotopic (exact) mass is 801 g/mol. The first kappa shape index (κ1) is 43.0. The highest BCUT2D eigenvalue weighted by Gasteiger charge is 2.53. The van der Waals surface area contributed by atoms with Gasteiger partial charge < -0.3 is 25.5 Å². The summed E-state index contributed by atoms with van der Waals surface area (Å²) in [5.74, 6) is -0.691. The smallest absolute Gasteiger partial charge is 0.308 e. The lowest BCUT2D eigenvalue weighted by molar-refractivity contribution is -0.148. The van der Waals surface area contributed by atoms with Crippen molar-refractivity contribution in [3.05, 3.63) is 123 Å². The number of hydrogen-bond donors (Lipinski definition) is 5. The van der Waals surface area contributed by atoms with E-state index in [2.05, 4.69) is 61.5 Å². The van der Waals surface area contributed by atoms with Crippen LogP contribution in [0.25, 0.3) is 11.8 Å². The number of aromatic hydroxyl groups is 1. The summed E-state index contributed by atoms with van der Waals surface area (Å²) in [6.07, 6.45) is 25.4. The van der Waals surface area contributed by atoms with E-state index >= 15 is 0 Å². The fourth-order valence-electron chi connectivity index (χ4n) is 11.6. The van der Waals surface area contributed by atoms with Crippen LogP contribution in [0.5, 0.6) is 5.75 Å². The Bertz CT molecular complexity index is 2080. The Balaban J connectivity index is 1.23. The van der Waals surface area contributed by atoms with Gasteiger partial charge in [-0.25, -0.2) is 0 Å². The first-order valence-corrected chi connectivity index (χ1v) is 23.0. The molecule has 8 unspecified atom stereocenters. The molecule has 0 aromatic heterocycles. The van der Waals surface area contributed by atoms with Crippen molar-refractivity contribution >= 4 is 17.8 Å². The zero-order valence-corrected chi connectivity index (χ0v) is 35.3. The number of hydrogen-bond acceptors (Lipinski definition) is 5. The zero-order valence-electron chi connectivity index (χ0n) is 35.3. The van der Waals surface area contributed by atoms with Gasteiger partial charge in [0.2, 0.25) is 0 Å². The Kier molecular flexibility index (Phi) is 14.5. The molecule has 4 aliphatic rings. The van der Waals surface area contributed by atoms with Crippen LogP contribution in [-0.2, 0) is 23.1 Å². The van der Waals surface area contributed by atoms with Gasteiger partial charge in [0.1, 0.15) is 11.5 Å². The Morgan fingerprint density at radius 3 is 2.46 bits per heavy atom. The minimum absolute atomic E-state index is 0.113. The number of aliphatic hydroxyl groups is 3. The Morgan fingerprint density at radius 1 is 0.847 bits per heavy atom. The molecule has 7 rings (SSSR count). The molecular formula is C53H68O6. The molecular weight excluding hydrogens is 733 g/mol. The van der Waals surface area contributed by atoms with Crippen molar-refractivity contribution < 1.29 is 30.3 Å². The number of carboxylic acids is 1. The van der Waals surface area contributed by atoms with Gasteiger partial charge >= 0.3 is 5.97 Å². The van der Waals surface area contributed by atoms with E-state index in [0.29, 0.717) is 30.3 Å². The van der Waals surface area contributed by atoms with Gasteiger partial charge in [0.25, 0.3) is 0 Å². The number of allylic oxidation sites excluding steroid dienone is 2. The van der Waals surface area contributed by atoms with Gasteiger partial charge in [-0.3, -0.25) is 4.79 Å². The molecule has 0 heterocycles. The van der Waals surface area contributed by atoms with Gasteiger partial charge in [0.15, 0.2) is 0 Å². The van der Waals surface area contributed by atoms with Crippen LogP contribution in [0.1, 0.15) is 131 Å². The highest BCUT2D eigenvalue weighted by molar-refractivity contribution is 5.74. The number of carbonyl (C=O) groups is 1. The zero-order chi connectivity index (χ0) is 41.4. The van der Waals surface area contributed by atoms with Crippen molar-refractivity contribution in [2.75, 3.05) is 13.2 Å². The van der Waals surface area contributed by atoms with Gasteiger partial charge in [-0.2, -0.15) is 0 Å². The Hall–Kier alpha value is -4.13. The van der Waals surface area contributed by atoms with E-state index in [9.17, 15) is 30.3 Å². The van der Waals surface area contributed by atoms with Gasteiger partial charge in [0.05, 0.1) is 19.1 Å². The first-order valence-electron chi connectivity index (χ1n) is 23.0. The Morgan fingerprint density at radius 2 is 1.68 bits per heavy atom. The number of unbranched alkanes of at least 4 members (excludes halogenated alkanes) is 5. The average molecular weight is 801 g/mol. The number of aryl methyl sites for hydroxylation is 1. The summed E-state index contributed by atoms with van der Waals surface area (Å²) in [6, 6.07) is 22.9. The number of carboxylic acid groups (broad SMARTS) is 1. The van der Waals surface area contributed by atoms with Gasteiger partial charge in [-0.1, -0.05) is 130 Å². The molecule has 1 saturated carbocycles. The molecule has 6 nitrogen and oxygen atoms in total. The maximum atomic E-state index is 13.7. The molecule has 0 radical (unpaired) electrons. The molecule has 59 heavy (non-hydrogen) atoms. The lowest BCUT2D eigenvalue weighted by atomic mass is 9.53. The molecule has 316 valence electrons. The largest absolute Gasteiger partial charge is 0.511 e. The van der Waals surface area contributed by atoms with E-state index in [-0.39, 0.29) is 36.9 Å². The van der Waals surface area contributed by atoms with E-state index in [1.54, 1.807) is 0 Å². The number of phenolic OH excluding ortho intramolecular Hbond substituents is 1. The average Bonchev–Trinajstić information content (AvgIpc) is 3.72. The number of aliphatic hydroxyl groups excluding tert-OH is 3. The molecule has 1 spiro atoms. The quantitative estimate of drug-likeness (QED) is 0.0772. The topological polar surface area (TPSA) is 118 Å². The van der Waals surface area contributed by atoms with Crippen LogP contribution in [0.15, 0.2) is 90.5 Å².